The van der Waals surface area contributed by atoms with Gasteiger partial charge in [-0.1, -0.05) is 30.3 Å². The van der Waals surface area contributed by atoms with Crippen LogP contribution in [-0.2, 0) is 6.42 Å². The van der Waals surface area contributed by atoms with Crippen molar-refractivity contribution in [1.29, 1.82) is 0 Å². The van der Waals surface area contributed by atoms with Crippen LogP contribution in [0.25, 0.3) is 38.6 Å². The number of oxazole rings is 1. The van der Waals surface area contributed by atoms with Crippen LogP contribution in [-0.4, -0.2) is 71.9 Å². The fourth-order valence-electron chi connectivity index (χ4n) is 7.47. The Morgan fingerprint density at radius 1 is 0.960 bits per heavy atom. The summed E-state index contributed by atoms with van der Waals surface area (Å²) in [6.45, 7) is 1.23. The van der Waals surface area contributed by atoms with Crippen LogP contribution in [0.4, 0.5) is 10.4 Å². The number of H-pyrrole nitrogens is 1. The standard InChI is InChI=1S/C37H29FN8O4/c38-28-8-5-20(13-29-25-3-1-2-4-26(25)34(47)43-42-29)12-27(28)35(48)45-17-21-11-24(45)19-44(16-21)36(49)31-15-40-33-10-7-23(18-46(31)33)22-6-9-32-30(14-22)41-37(39)50-32/h1-10,12,14-15,18,21,24H,11,13,16-17,19H2,(H2,39,41)(H,43,47). The Morgan fingerprint density at radius 3 is 2.68 bits per heavy atom. The number of nitrogens with one attached hydrogen (secondary N) is 1. The highest BCUT2D eigenvalue weighted by molar-refractivity contribution is 5.96. The number of carbonyl (C=O) groups is 2. The van der Waals surface area contributed by atoms with Gasteiger partial charge in [-0.2, -0.15) is 10.1 Å². The van der Waals surface area contributed by atoms with Crippen LogP contribution in [0.1, 0.15) is 38.5 Å². The van der Waals surface area contributed by atoms with E-state index in [-0.39, 0.29) is 35.0 Å². The third kappa shape index (κ3) is 4.97. The molecule has 2 aliphatic rings. The molecule has 248 valence electrons. The van der Waals surface area contributed by atoms with Gasteiger partial charge in [-0.05, 0) is 71.5 Å². The molecule has 3 N–H and O–H groups in total. The summed E-state index contributed by atoms with van der Waals surface area (Å²) >= 11 is 0. The predicted molar refractivity (Wildman–Crippen MR) is 183 cm³/mol. The van der Waals surface area contributed by atoms with E-state index in [1.807, 2.05) is 48.7 Å². The molecule has 6 heterocycles. The molecule has 7 aromatic rings. The van der Waals surface area contributed by atoms with E-state index in [1.54, 1.807) is 44.7 Å². The number of pyridine rings is 1. The van der Waals surface area contributed by atoms with Crippen LogP contribution in [0, 0.1) is 11.7 Å². The van der Waals surface area contributed by atoms with Crippen LogP contribution < -0.4 is 11.3 Å². The fourth-order valence-corrected chi connectivity index (χ4v) is 7.47. The summed E-state index contributed by atoms with van der Waals surface area (Å²) in [4.78, 5) is 52.3. The van der Waals surface area contributed by atoms with E-state index >= 15 is 4.39 Å². The van der Waals surface area contributed by atoms with Crippen molar-refractivity contribution >= 4 is 45.3 Å². The van der Waals surface area contributed by atoms with Crippen LogP contribution >= 0.6 is 0 Å². The number of nitrogens with zero attached hydrogens (tertiary/aromatic N) is 6. The number of anilines is 1. The number of halogens is 1. The largest absolute Gasteiger partial charge is 0.424 e. The Kier molecular flexibility index (Phi) is 6.76. The molecule has 0 aliphatic carbocycles. The third-order valence-electron chi connectivity index (χ3n) is 9.83. The maximum atomic E-state index is 15.2. The molecule has 2 aliphatic heterocycles. The van der Waals surface area contributed by atoms with Crippen molar-refractivity contribution in [3.8, 4) is 11.1 Å². The first-order chi connectivity index (χ1) is 24.3. The van der Waals surface area contributed by atoms with Crippen LogP contribution in [0.3, 0.4) is 0 Å². The molecule has 2 unspecified atom stereocenters. The summed E-state index contributed by atoms with van der Waals surface area (Å²) in [5, 5.41) is 7.98. The molecule has 50 heavy (non-hydrogen) atoms. The van der Waals surface area contributed by atoms with E-state index < -0.39 is 11.7 Å². The average Bonchev–Trinajstić information content (AvgIpc) is 3.82. The number of amides is 2. The highest BCUT2D eigenvalue weighted by Gasteiger charge is 2.43. The van der Waals surface area contributed by atoms with Gasteiger partial charge in [0.25, 0.3) is 23.4 Å². The quantitative estimate of drug-likeness (QED) is 0.268. The normalized spacial score (nSPS) is 17.3. The zero-order valence-electron chi connectivity index (χ0n) is 26.5. The Balaban J connectivity index is 0.950. The van der Waals surface area contributed by atoms with Gasteiger partial charge in [-0.25, -0.2) is 14.5 Å². The van der Waals surface area contributed by atoms with Gasteiger partial charge in [0, 0.05) is 37.6 Å². The number of imidazole rings is 1. The molecule has 13 heteroatoms. The zero-order valence-corrected chi connectivity index (χ0v) is 26.5. The van der Waals surface area contributed by atoms with E-state index in [0.717, 1.165) is 17.5 Å². The molecule has 2 bridgehead atoms. The van der Waals surface area contributed by atoms with E-state index in [9.17, 15) is 14.4 Å². The van der Waals surface area contributed by atoms with Crippen molar-refractivity contribution in [3.05, 3.63) is 124 Å². The lowest BCUT2D eigenvalue weighted by Crippen LogP contribution is -2.46. The lowest BCUT2D eigenvalue weighted by molar-refractivity contribution is 0.0612. The van der Waals surface area contributed by atoms with Gasteiger partial charge in [-0.15, -0.1) is 0 Å². The van der Waals surface area contributed by atoms with Crippen molar-refractivity contribution in [1.82, 2.24) is 34.4 Å². The van der Waals surface area contributed by atoms with Gasteiger partial charge >= 0.3 is 0 Å². The number of fused-ring (bicyclic) bond motifs is 5. The number of likely N-dealkylation sites (tertiary alicyclic amines) is 2. The van der Waals surface area contributed by atoms with Crippen molar-refractivity contribution in [3.63, 3.8) is 0 Å². The van der Waals surface area contributed by atoms with E-state index in [4.69, 9.17) is 10.2 Å². The molecule has 0 spiro atoms. The number of nitrogen functional groups attached to an aromatic ring is 1. The number of hydrogen-bond acceptors (Lipinski definition) is 8. The van der Waals surface area contributed by atoms with Crippen LogP contribution in [0.15, 0.2) is 94.4 Å². The third-order valence-corrected chi connectivity index (χ3v) is 9.83. The topological polar surface area (TPSA) is 156 Å². The number of piperidine rings is 1. The maximum absolute atomic E-state index is 15.2. The number of aromatic nitrogens is 5. The number of nitrogens with two attached hydrogens (primary N) is 1. The van der Waals surface area contributed by atoms with Crippen molar-refractivity contribution in [2.75, 3.05) is 25.4 Å². The Hall–Kier alpha value is -6.37. The predicted octanol–water partition coefficient (Wildman–Crippen LogP) is 4.68. The Morgan fingerprint density at radius 2 is 1.80 bits per heavy atom. The maximum Gasteiger partial charge on any atom is 0.292 e. The SMILES string of the molecule is Nc1nc2cc(-c3ccc4ncc(C(=O)N5CC6CC(C5)N(C(=O)c5cc(Cc7n[nH]c(=O)c8ccccc78)ccc5F)C6)n4c3)ccc2o1. The summed E-state index contributed by atoms with van der Waals surface area (Å²) in [6.07, 6.45) is 4.48. The first-order valence-electron chi connectivity index (χ1n) is 16.3. The molecule has 2 atom stereocenters. The molecule has 12 nitrogen and oxygen atoms in total. The summed E-state index contributed by atoms with van der Waals surface area (Å²) in [5.41, 5.74) is 10.7. The molecular weight excluding hydrogens is 639 g/mol. The number of carbonyl (C=O) groups excluding carboxylic acids is 2. The summed E-state index contributed by atoms with van der Waals surface area (Å²) in [7, 11) is 0. The lowest BCUT2D eigenvalue weighted by atomic mass is 9.99. The van der Waals surface area contributed by atoms with E-state index in [1.165, 1.54) is 6.07 Å². The molecule has 0 saturated carbocycles. The number of rotatable bonds is 5. The fraction of sp³-hybridized carbons (Fsp3) is 0.189. The molecule has 2 saturated heterocycles. The summed E-state index contributed by atoms with van der Waals surface area (Å²) < 4.78 is 22.4. The number of benzene rings is 3. The molecule has 2 amide bonds. The van der Waals surface area contributed by atoms with Gasteiger partial charge in [0.2, 0.25) is 0 Å². The summed E-state index contributed by atoms with van der Waals surface area (Å²) in [6, 6.07) is 20.9. The highest BCUT2D eigenvalue weighted by atomic mass is 19.1. The van der Waals surface area contributed by atoms with E-state index in [2.05, 4.69) is 20.2 Å². The molecular formula is C37H29FN8O4. The first kappa shape index (κ1) is 29.7. The monoisotopic (exact) mass is 668 g/mol. The Bertz CT molecular complexity index is 2570. The second kappa shape index (κ2) is 11.4. The molecule has 9 rings (SSSR count). The van der Waals surface area contributed by atoms with Gasteiger partial charge in [0.05, 0.1) is 28.9 Å². The van der Waals surface area contributed by atoms with E-state index in [0.29, 0.717) is 70.5 Å². The number of hydrogen-bond donors (Lipinski definition) is 2. The minimum atomic E-state index is -0.611. The second-order valence-electron chi connectivity index (χ2n) is 13.0. The van der Waals surface area contributed by atoms with Crippen molar-refractivity contribution in [2.24, 2.45) is 5.92 Å². The molecule has 0 radical (unpaired) electrons. The summed E-state index contributed by atoms with van der Waals surface area (Å²) in [5.74, 6) is -1.15. The smallest absolute Gasteiger partial charge is 0.292 e. The minimum absolute atomic E-state index is 0.0255. The van der Waals surface area contributed by atoms with Gasteiger partial charge < -0.3 is 20.0 Å². The zero-order chi connectivity index (χ0) is 34.1. The molecule has 3 aromatic carbocycles. The molecule has 2 fully saturated rings. The first-order valence-corrected chi connectivity index (χ1v) is 16.3. The molecule has 4 aromatic heterocycles. The minimum Gasteiger partial charge on any atom is -0.424 e. The van der Waals surface area contributed by atoms with Crippen molar-refractivity contribution in [2.45, 2.75) is 18.9 Å². The van der Waals surface area contributed by atoms with Gasteiger partial charge in [0.1, 0.15) is 22.7 Å². The average molecular weight is 669 g/mol. The van der Waals surface area contributed by atoms with Gasteiger partial charge in [-0.3, -0.25) is 18.8 Å². The second-order valence-corrected chi connectivity index (χ2v) is 13.0. The highest BCUT2D eigenvalue weighted by Crippen LogP contribution is 2.33. The van der Waals surface area contributed by atoms with Crippen LogP contribution in [0.5, 0.6) is 0 Å². The Labute approximate surface area is 283 Å². The van der Waals surface area contributed by atoms with Gasteiger partial charge in [0.15, 0.2) is 5.58 Å². The van der Waals surface area contributed by atoms with Crippen molar-refractivity contribution < 1.29 is 18.4 Å². The lowest BCUT2D eigenvalue weighted by Gasteiger charge is -2.32. The van der Waals surface area contributed by atoms with Crippen LogP contribution in [0.2, 0.25) is 0 Å². The number of aromatic amines is 1.